The second-order valence-corrected chi connectivity index (χ2v) is 4.84. The molecular weight excluding hydrogens is 268 g/mol. The summed E-state index contributed by atoms with van der Waals surface area (Å²) in [4.78, 5) is 13.8. The van der Waals surface area contributed by atoms with E-state index in [1.54, 1.807) is 13.4 Å². The molecule has 0 fully saturated rings. The molecule has 0 atom stereocenters. The van der Waals surface area contributed by atoms with Gasteiger partial charge >= 0.3 is 0 Å². The van der Waals surface area contributed by atoms with Gasteiger partial charge in [-0.05, 0) is 25.2 Å². The van der Waals surface area contributed by atoms with Crippen molar-refractivity contribution in [1.29, 1.82) is 0 Å². The molecule has 0 bridgehead atoms. The molecule has 0 aliphatic carbocycles. The number of nitrogens with zero attached hydrogens (tertiary/aromatic N) is 1. The fourth-order valence-electron chi connectivity index (χ4n) is 2.07. The van der Waals surface area contributed by atoms with Crippen molar-refractivity contribution >= 4 is 5.91 Å². The average molecular weight is 288 g/mol. The Morgan fingerprint density at radius 3 is 2.81 bits per heavy atom. The highest BCUT2D eigenvalue weighted by atomic mass is 16.5. The van der Waals surface area contributed by atoms with Crippen molar-refractivity contribution in [1.82, 2.24) is 10.2 Å². The number of hydrogen-bond donors (Lipinski definition) is 1. The zero-order valence-electron chi connectivity index (χ0n) is 12.3. The van der Waals surface area contributed by atoms with Gasteiger partial charge in [0.2, 0.25) is 5.91 Å². The van der Waals surface area contributed by atoms with Crippen LogP contribution in [-0.2, 0) is 17.9 Å². The molecule has 0 spiro atoms. The highest BCUT2D eigenvalue weighted by Crippen LogP contribution is 2.16. The van der Waals surface area contributed by atoms with Gasteiger partial charge in [0.05, 0.1) is 26.5 Å². The summed E-state index contributed by atoms with van der Waals surface area (Å²) >= 11 is 0. The second kappa shape index (κ2) is 7.50. The van der Waals surface area contributed by atoms with E-state index in [0.717, 1.165) is 17.1 Å². The molecule has 0 aliphatic rings. The molecule has 1 amide bonds. The Kier molecular flexibility index (Phi) is 5.40. The number of methoxy groups -OCH3 is 1. The number of carbonyl (C=O) groups excluding carboxylic acids is 1. The van der Waals surface area contributed by atoms with E-state index in [2.05, 4.69) is 5.32 Å². The molecule has 1 heterocycles. The number of carbonyl (C=O) groups is 1. The van der Waals surface area contributed by atoms with E-state index in [-0.39, 0.29) is 5.91 Å². The first kappa shape index (κ1) is 15.1. The van der Waals surface area contributed by atoms with E-state index in [0.29, 0.717) is 19.6 Å². The van der Waals surface area contributed by atoms with Crippen LogP contribution in [0.5, 0.6) is 5.75 Å². The number of likely N-dealkylation sites (N-methyl/N-ethyl adjacent to an activating group) is 1. The second-order valence-electron chi connectivity index (χ2n) is 4.84. The van der Waals surface area contributed by atoms with E-state index in [4.69, 9.17) is 9.15 Å². The third-order valence-electron chi connectivity index (χ3n) is 3.09. The first-order valence-electron chi connectivity index (χ1n) is 6.78. The fraction of sp³-hybridized carbons (Fsp3) is 0.312. The third-order valence-corrected chi connectivity index (χ3v) is 3.09. The lowest BCUT2D eigenvalue weighted by Crippen LogP contribution is -2.34. The lowest BCUT2D eigenvalue weighted by atomic mass is 10.2. The van der Waals surface area contributed by atoms with Gasteiger partial charge < -0.3 is 14.5 Å². The molecule has 112 valence electrons. The van der Waals surface area contributed by atoms with E-state index >= 15 is 0 Å². The van der Waals surface area contributed by atoms with Crippen LogP contribution in [-0.4, -0.2) is 31.5 Å². The first-order valence-corrected chi connectivity index (χ1v) is 6.78. The van der Waals surface area contributed by atoms with Gasteiger partial charge in [-0.3, -0.25) is 9.69 Å². The third kappa shape index (κ3) is 4.65. The molecule has 2 rings (SSSR count). The van der Waals surface area contributed by atoms with E-state index in [1.807, 2.05) is 48.3 Å². The Hall–Kier alpha value is -2.27. The Balaban J connectivity index is 1.79. The van der Waals surface area contributed by atoms with Crippen LogP contribution in [0, 0.1) is 0 Å². The number of nitrogens with one attached hydrogen (secondary N) is 1. The van der Waals surface area contributed by atoms with Crippen LogP contribution in [0.1, 0.15) is 11.3 Å². The van der Waals surface area contributed by atoms with Crippen molar-refractivity contribution in [3.05, 3.63) is 54.0 Å². The highest BCUT2D eigenvalue weighted by molar-refractivity contribution is 5.78. The summed E-state index contributed by atoms with van der Waals surface area (Å²) in [5.41, 5.74) is 0.960. The minimum Gasteiger partial charge on any atom is -0.496 e. The Morgan fingerprint density at radius 2 is 2.10 bits per heavy atom. The van der Waals surface area contributed by atoms with Gasteiger partial charge in [-0.1, -0.05) is 18.2 Å². The van der Waals surface area contributed by atoms with Crippen LogP contribution >= 0.6 is 0 Å². The van der Waals surface area contributed by atoms with Crippen LogP contribution in [0.15, 0.2) is 47.1 Å². The van der Waals surface area contributed by atoms with Gasteiger partial charge in [-0.2, -0.15) is 0 Å². The number of furan rings is 1. The Morgan fingerprint density at radius 1 is 1.29 bits per heavy atom. The molecule has 0 aliphatic heterocycles. The maximum absolute atomic E-state index is 11.9. The highest BCUT2D eigenvalue weighted by Gasteiger charge is 2.09. The minimum atomic E-state index is -0.0324. The van der Waals surface area contributed by atoms with Crippen LogP contribution in [0.2, 0.25) is 0 Å². The van der Waals surface area contributed by atoms with Crippen LogP contribution in [0.3, 0.4) is 0 Å². The Labute approximate surface area is 124 Å². The molecule has 1 N–H and O–H groups in total. The monoisotopic (exact) mass is 288 g/mol. The van der Waals surface area contributed by atoms with Crippen LogP contribution < -0.4 is 10.1 Å². The van der Waals surface area contributed by atoms with Gasteiger partial charge in [0.15, 0.2) is 0 Å². The maximum atomic E-state index is 11.9. The smallest absolute Gasteiger partial charge is 0.234 e. The zero-order valence-corrected chi connectivity index (χ0v) is 12.3. The molecule has 0 unspecified atom stereocenters. The normalized spacial score (nSPS) is 10.6. The van der Waals surface area contributed by atoms with Crippen molar-refractivity contribution in [2.75, 3.05) is 20.7 Å². The van der Waals surface area contributed by atoms with Gasteiger partial charge in [0.25, 0.3) is 0 Å². The summed E-state index contributed by atoms with van der Waals surface area (Å²) in [7, 11) is 3.50. The van der Waals surface area contributed by atoms with Crippen LogP contribution in [0.25, 0.3) is 0 Å². The lowest BCUT2D eigenvalue weighted by molar-refractivity contribution is -0.122. The molecular formula is C16H20N2O3. The molecule has 1 aromatic heterocycles. The topological polar surface area (TPSA) is 54.7 Å². The van der Waals surface area contributed by atoms with Crippen molar-refractivity contribution in [2.45, 2.75) is 13.1 Å². The first-order chi connectivity index (χ1) is 10.2. The summed E-state index contributed by atoms with van der Waals surface area (Å²) < 4.78 is 10.5. The van der Waals surface area contributed by atoms with Crippen molar-refractivity contribution < 1.29 is 13.9 Å². The molecule has 0 saturated heterocycles. The average Bonchev–Trinajstić information content (AvgIpc) is 2.98. The fourth-order valence-corrected chi connectivity index (χ4v) is 2.07. The summed E-state index contributed by atoms with van der Waals surface area (Å²) in [6, 6.07) is 11.4. The molecule has 0 radical (unpaired) electrons. The minimum absolute atomic E-state index is 0.0324. The number of benzene rings is 1. The van der Waals surface area contributed by atoms with Gasteiger partial charge in [-0.15, -0.1) is 0 Å². The van der Waals surface area contributed by atoms with E-state index in [9.17, 15) is 4.79 Å². The molecule has 5 heteroatoms. The number of rotatable bonds is 7. The van der Waals surface area contributed by atoms with E-state index < -0.39 is 0 Å². The number of ether oxygens (including phenoxy) is 1. The molecule has 5 nitrogen and oxygen atoms in total. The van der Waals surface area contributed by atoms with Crippen molar-refractivity contribution in [2.24, 2.45) is 0 Å². The predicted molar refractivity (Wildman–Crippen MR) is 79.9 cm³/mol. The van der Waals surface area contributed by atoms with Crippen molar-refractivity contribution in [3.63, 3.8) is 0 Å². The van der Waals surface area contributed by atoms with Crippen LogP contribution in [0.4, 0.5) is 0 Å². The SMILES string of the molecule is COc1ccccc1CNC(=O)CN(C)Cc1ccco1. The van der Waals surface area contributed by atoms with Gasteiger partial charge in [0, 0.05) is 12.1 Å². The number of hydrogen-bond acceptors (Lipinski definition) is 4. The summed E-state index contributed by atoms with van der Waals surface area (Å²) in [6.07, 6.45) is 1.63. The lowest BCUT2D eigenvalue weighted by Gasteiger charge is -2.15. The number of para-hydroxylation sites is 1. The molecule has 2 aromatic rings. The Bertz CT molecular complexity index is 567. The molecule has 1 aromatic carbocycles. The maximum Gasteiger partial charge on any atom is 0.234 e. The van der Waals surface area contributed by atoms with Gasteiger partial charge in [0.1, 0.15) is 11.5 Å². The zero-order chi connectivity index (χ0) is 15.1. The van der Waals surface area contributed by atoms with Gasteiger partial charge in [-0.25, -0.2) is 0 Å². The van der Waals surface area contributed by atoms with E-state index in [1.165, 1.54) is 0 Å². The summed E-state index contributed by atoms with van der Waals surface area (Å²) in [5, 5.41) is 2.89. The molecule has 21 heavy (non-hydrogen) atoms. The quantitative estimate of drug-likeness (QED) is 0.847. The van der Waals surface area contributed by atoms with Crippen molar-refractivity contribution in [3.8, 4) is 5.75 Å². The largest absolute Gasteiger partial charge is 0.496 e. The number of amides is 1. The standard InChI is InChI=1S/C16H20N2O3/c1-18(11-14-7-5-9-21-14)12-16(19)17-10-13-6-3-4-8-15(13)20-2/h3-9H,10-12H2,1-2H3,(H,17,19). The summed E-state index contributed by atoms with van der Waals surface area (Å²) in [6.45, 7) is 1.38. The molecule has 0 saturated carbocycles. The predicted octanol–water partition coefficient (Wildman–Crippen LogP) is 2.04. The summed E-state index contributed by atoms with van der Waals surface area (Å²) in [5.74, 6) is 1.59.